The second-order valence-electron chi connectivity index (χ2n) is 3.77. The first kappa shape index (κ1) is 11.5. The molecule has 0 atom stereocenters. The summed E-state index contributed by atoms with van der Waals surface area (Å²) in [6, 6.07) is 4.81. The zero-order valence-corrected chi connectivity index (χ0v) is 9.03. The van der Waals surface area contributed by atoms with Gasteiger partial charge in [-0.25, -0.2) is 4.79 Å². The fraction of sp³-hybridized carbons (Fsp3) is 0.364. The predicted octanol–water partition coefficient (Wildman–Crippen LogP) is 1.07. The summed E-state index contributed by atoms with van der Waals surface area (Å²) in [5, 5.41) is 8.83. The van der Waals surface area contributed by atoms with E-state index in [1.54, 1.807) is 12.1 Å². The molecule has 0 saturated carbocycles. The number of hydrogen-bond donors (Lipinski definition) is 2. The lowest BCUT2D eigenvalue weighted by molar-refractivity contribution is 0.0697. The number of nitrogens with zero attached hydrogens (tertiary/aromatic N) is 1. The van der Waals surface area contributed by atoms with Crippen LogP contribution in [0.5, 0.6) is 0 Å². The molecule has 1 aromatic rings. The van der Waals surface area contributed by atoms with E-state index >= 15 is 0 Å². The van der Waals surface area contributed by atoms with Crippen molar-refractivity contribution in [3.8, 4) is 0 Å². The molecule has 4 nitrogen and oxygen atoms in total. The fourth-order valence-corrected chi connectivity index (χ4v) is 1.30. The Hall–Kier alpha value is -1.55. The number of nitrogen functional groups attached to an aromatic ring is 1. The monoisotopic (exact) mass is 208 g/mol. The standard InChI is InChI=1S/C11H16N2O2/c1-13(2)6-5-8-7-9(11(14)15)3-4-10(8)12/h3-4,7H,5-6,12H2,1-2H3,(H,14,15). The van der Waals surface area contributed by atoms with Gasteiger partial charge in [-0.3, -0.25) is 0 Å². The Labute approximate surface area is 89.3 Å². The first-order chi connectivity index (χ1) is 7.00. The van der Waals surface area contributed by atoms with Crippen LogP contribution < -0.4 is 5.73 Å². The van der Waals surface area contributed by atoms with Crippen molar-refractivity contribution in [2.75, 3.05) is 26.4 Å². The molecule has 1 aromatic carbocycles. The van der Waals surface area contributed by atoms with Gasteiger partial charge in [-0.1, -0.05) is 0 Å². The minimum absolute atomic E-state index is 0.290. The van der Waals surface area contributed by atoms with Crippen LogP contribution in [0.4, 0.5) is 5.69 Å². The number of nitrogens with two attached hydrogens (primary N) is 1. The quantitative estimate of drug-likeness (QED) is 0.726. The summed E-state index contributed by atoms with van der Waals surface area (Å²) in [4.78, 5) is 12.8. The molecule has 0 aliphatic carbocycles. The molecule has 0 saturated heterocycles. The number of aromatic carboxylic acids is 1. The maximum Gasteiger partial charge on any atom is 0.335 e. The van der Waals surface area contributed by atoms with Gasteiger partial charge >= 0.3 is 5.97 Å². The lowest BCUT2D eigenvalue weighted by Gasteiger charge is -2.11. The number of benzene rings is 1. The molecule has 0 unspecified atom stereocenters. The number of rotatable bonds is 4. The molecular weight excluding hydrogens is 192 g/mol. The van der Waals surface area contributed by atoms with Crippen molar-refractivity contribution < 1.29 is 9.90 Å². The molecule has 4 heteroatoms. The van der Waals surface area contributed by atoms with Gasteiger partial charge < -0.3 is 15.7 Å². The van der Waals surface area contributed by atoms with E-state index in [2.05, 4.69) is 0 Å². The lowest BCUT2D eigenvalue weighted by atomic mass is 10.1. The molecule has 0 spiro atoms. The van der Waals surface area contributed by atoms with Crippen LogP contribution in [0.25, 0.3) is 0 Å². The Kier molecular flexibility index (Phi) is 3.68. The average Bonchev–Trinajstić information content (AvgIpc) is 2.16. The molecule has 0 aromatic heterocycles. The molecule has 0 aliphatic rings. The summed E-state index contributed by atoms with van der Waals surface area (Å²) in [6.45, 7) is 0.854. The summed E-state index contributed by atoms with van der Waals surface area (Å²) >= 11 is 0. The minimum atomic E-state index is -0.916. The number of hydrogen-bond acceptors (Lipinski definition) is 3. The van der Waals surface area contributed by atoms with E-state index in [4.69, 9.17) is 10.8 Å². The van der Waals surface area contributed by atoms with Gasteiger partial charge in [0.1, 0.15) is 0 Å². The molecule has 1 rings (SSSR count). The summed E-state index contributed by atoms with van der Waals surface area (Å²) in [7, 11) is 3.94. The predicted molar refractivity (Wildman–Crippen MR) is 60.1 cm³/mol. The highest BCUT2D eigenvalue weighted by Gasteiger charge is 2.06. The SMILES string of the molecule is CN(C)CCc1cc(C(=O)O)ccc1N. The van der Waals surface area contributed by atoms with Gasteiger partial charge in [0.05, 0.1) is 5.56 Å². The summed E-state index contributed by atoms with van der Waals surface area (Å²) < 4.78 is 0. The van der Waals surface area contributed by atoms with Crippen LogP contribution >= 0.6 is 0 Å². The molecule has 15 heavy (non-hydrogen) atoms. The highest BCUT2D eigenvalue weighted by molar-refractivity contribution is 5.88. The van der Waals surface area contributed by atoms with Gasteiger partial charge in [0.15, 0.2) is 0 Å². The second kappa shape index (κ2) is 4.79. The molecule has 0 radical (unpaired) electrons. The molecular formula is C11H16N2O2. The van der Waals surface area contributed by atoms with Crippen molar-refractivity contribution in [2.45, 2.75) is 6.42 Å². The highest BCUT2D eigenvalue weighted by atomic mass is 16.4. The average molecular weight is 208 g/mol. The van der Waals surface area contributed by atoms with Crippen molar-refractivity contribution >= 4 is 11.7 Å². The van der Waals surface area contributed by atoms with E-state index in [0.29, 0.717) is 5.69 Å². The summed E-state index contributed by atoms with van der Waals surface area (Å²) in [6.07, 6.45) is 0.764. The van der Waals surface area contributed by atoms with Crippen LogP contribution in [0.3, 0.4) is 0 Å². The van der Waals surface area contributed by atoms with Crippen LogP contribution in [0.1, 0.15) is 15.9 Å². The zero-order chi connectivity index (χ0) is 11.4. The first-order valence-corrected chi connectivity index (χ1v) is 4.77. The molecule has 0 heterocycles. The molecule has 82 valence electrons. The Bertz CT molecular complexity index is 362. The Morgan fingerprint density at radius 3 is 2.67 bits per heavy atom. The topological polar surface area (TPSA) is 66.6 Å². The Morgan fingerprint density at radius 2 is 2.13 bits per heavy atom. The van der Waals surface area contributed by atoms with E-state index < -0.39 is 5.97 Å². The molecule has 0 amide bonds. The zero-order valence-electron chi connectivity index (χ0n) is 9.03. The van der Waals surface area contributed by atoms with Crippen molar-refractivity contribution in [2.24, 2.45) is 0 Å². The number of carbonyl (C=O) groups is 1. The third kappa shape index (κ3) is 3.25. The smallest absolute Gasteiger partial charge is 0.335 e. The van der Waals surface area contributed by atoms with E-state index in [1.165, 1.54) is 6.07 Å². The Morgan fingerprint density at radius 1 is 1.47 bits per heavy atom. The second-order valence-corrected chi connectivity index (χ2v) is 3.77. The van der Waals surface area contributed by atoms with E-state index in [0.717, 1.165) is 18.5 Å². The van der Waals surface area contributed by atoms with Crippen LogP contribution in [0.2, 0.25) is 0 Å². The van der Waals surface area contributed by atoms with Gasteiger partial charge in [-0.2, -0.15) is 0 Å². The molecule has 0 bridgehead atoms. The molecule has 0 fully saturated rings. The van der Waals surface area contributed by atoms with Crippen molar-refractivity contribution in [1.29, 1.82) is 0 Å². The third-order valence-electron chi connectivity index (χ3n) is 2.22. The summed E-state index contributed by atoms with van der Waals surface area (Å²) in [5.74, 6) is -0.916. The normalized spacial score (nSPS) is 10.6. The summed E-state index contributed by atoms with van der Waals surface area (Å²) in [5.41, 5.74) is 7.60. The van der Waals surface area contributed by atoms with Gasteiger partial charge in [-0.05, 0) is 44.3 Å². The lowest BCUT2D eigenvalue weighted by Crippen LogP contribution is -2.16. The molecule has 3 N–H and O–H groups in total. The molecule has 0 aliphatic heterocycles. The van der Waals surface area contributed by atoms with Crippen molar-refractivity contribution in [3.63, 3.8) is 0 Å². The van der Waals surface area contributed by atoms with Crippen LogP contribution in [-0.4, -0.2) is 36.6 Å². The highest BCUT2D eigenvalue weighted by Crippen LogP contribution is 2.15. The Balaban J connectivity index is 2.85. The van der Waals surface area contributed by atoms with Gasteiger partial charge in [0.2, 0.25) is 0 Å². The number of likely N-dealkylation sites (N-methyl/N-ethyl adjacent to an activating group) is 1. The van der Waals surface area contributed by atoms with Crippen molar-refractivity contribution in [1.82, 2.24) is 4.90 Å². The van der Waals surface area contributed by atoms with Crippen LogP contribution in [0, 0.1) is 0 Å². The third-order valence-corrected chi connectivity index (χ3v) is 2.22. The number of anilines is 1. The van der Waals surface area contributed by atoms with Crippen LogP contribution in [0.15, 0.2) is 18.2 Å². The largest absolute Gasteiger partial charge is 0.478 e. The minimum Gasteiger partial charge on any atom is -0.478 e. The van der Waals surface area contributed by atoms with E-state index in [9.17, 15) is 4.79 Å². The number of carboxylic acid groups (broad SMARTS) is 1. The van der Waals surface area contributed by atoms with Gasteiger partial charge in [0.25, 0.3) is 0 Å². The maximum absolute atomic E-state index is 10.8. The van der Waals surface area contributed by atoms with Crippen LogP contribution in [-0.2, 0) is 6.42 Å². The van der Waals surface area contributed by atoms with Gasteiger partial charge in [0, 0.05) is 12.2 Å². The van der Waals surface area contributed by atoms with Crippen molar-refractivity contribution in [3.05, 3.63) is 29.3 Å². The van der Waals surface area contributed by atoms with E-state index in [-0.39, 0.29) is 5.56 Å². The van der Waals surface area contributed by atoms with E-state index in [1.807, 2.05) is 19.0 Å². The first-order valence-electron chi connectivity index (χ1n) is 4.77. The van der Waals surface area contributed by atoms with Gasteiger partial charge in [-0.15, -0.1) is 0 Å². The maximum atomic E-state index is 10.8. The number of carboxylic acids is 1. The fourth-order valence-electron chi connectivity index (χ4n) is 1.30.